The molecule has 116 valence electrons. The number of benzene rings is 1. The average molecular weight is 329 g/mol. The molecule has 0 radical (unpaired) electrons. The number of ether oxygens (including phenoxy) is 1. The second-order valence-electron chi connectivity index (χ2n) is 4.59. The van der Waals surface area contributed by atoms with Crippen molar-refractivity contribution in [2.45, 2.75) is 0 Å². The van der Waals surface area contributed by atoms with Gasteiger partial charge < -0.3 is 9.15 Å². The number of thioether (sulfide) groups is 1. The zero-order valence-electron chi connectivity index (χ0n) is 12.0. The number of carbonyl (C=O) groups is 3. The number of hydrogen-bond acceptors (Lipinski definition) is 6. The summed E-state index contributed by atoms with van der Waals surface area (Å²) in [6.45, 7) is 0. The van der Waals surface area contributed by atoms with E-state index < -0.39 is 17.1 Å². The minimum Gasteiger partial charge on any atom is -0.465 e. The molecule has 0 aliphatic carbocycles. The fourth-order valence-corrected chi connectivity index (χ4v) is 2.77. The average Bonchev–Trinajstić information content (AvgIpc) is 3.13. The highest BCUT2D eigenvalue weighted by molar-refractivity contribution is 8.18. The Hall–Kier alpha value is -2.80. The van der Waals surface area contributed by atoms with Crippen LogP contribution in [-0.4, -0.2) is 24.2 Å². The molecule has 2 aromatic rings. The van der Waals surface area contributed by atoms with E-state index in [-0.39, 0.29) is 4.91 Å². The first-order chi connectivity index (χ1) is 11.1. The lowest BCUT2D eigenvalue weighted by Gasteiger charge is -2.04. The molecule has 1 fully saturated rings. The van der Waals surface area contributed by atoms with Gasteiger partial charge in [0.25, 0.3) is 11.1 Å². The van der Waals surface area contributed by atoms with E-state index in [1.165, 1.54) is 13.2 Å². The maximum atomic E-state index is 11.8. The van der Waals surface area contributed by atoms with Gasteiger partial charge in [0.15, 0.2) is 0 Å². The summed E-state index contributed by atoms with van der Waals surface area (Å²) in [4.78, 5) is 34.7. The van der Waals surface area contributed by atoms with Gasteiger partial charge in [-0.05, 0) is 30.0 Å². The predicted octanol–water partition coefficient (Wildman–Crippen LogP) is 3.06. The first-order valence-corrected chi connectivity index (χ1v) is 7.42. The zero-order chi connectivity index (χ0) is 16.4. The first kappa shape index (κ1) is 15.1. The van der Waals surface area contributed by atoms with Crippen LogP contribution in [0.3, 0.4) is 0 Å². The van der Waals surface area contributed by atoms with E-state index in [2.05, 4.69) is 5.32 Å². The van der Waals surface area contributed by atoms with Crippen molar-refractivity contribution in [3.05, 3.63) is 52.6 Å². The third kappa shape index (κ3) is 3.04. The summed E-state index contributed by atoms with van der Waals surface area (Å²) in [6.07, 6.45) is 1.48. The van der Waals surface area contributed by atoms with E-state index in [1.54, 1.807) is 36.4 Å². The number of nitrogens with one attached hydrogen (secondary N) is 1. The summed E-state index contributed by atoms with van der Waals surface area (Å²) < 4.78 is 10.4. The van der Waals surface area contributed by atoms with Crippen molar-refractivity contribution in [3.63, 3.8) is 0 Å². The van der Waals surface area contributed by atoms with Crippen LogP contribution in [0.1, 0.15) is 16.1 Å². The Bertz CT molecular complexity index is 837. The van der Waals surface area contributed by atoms with Gasteiger partial charge >= 0.3 is 5.97 Å². The number of rotatable bonds is 3. The highest BCUT2D eigenvalue weighted by Crippen LogP contribution is 2.30. The summed E-state index contributed by atoms with van der Waals surface area (Å²) in [5.41, 5.74) is 0.968. The van der Waals surface area contributed by atoms with Crippen molar-refractivity contribution in [3.8, 4) is 11.3 Å². The summed E-state index contributed by atoms with van der Waals surface area (Å²) in [5.74, 6) is -0.0410. The molecule has 1 aliphatic heterocycles. The Morgan fingerprint density at radius 2 is 2.00 bits per heavy atom. The molecule has 0 atom stereocenters. The van der Waals surface area contributed by atoms with Crippen LogP contribution in [-0.2, 0) is 9.53 Å². The van der Waals surface area contributed by atoms with Gasteiger partial charge in [0.05, 0.1) is 17.6 Å². The Balaban J connectivity index is 1.95. The van der Waals surface area contributed by atoms with Gasteiger partial charge in [-0.3, -0.25) is 14.9 Å². The SMILES string of the molecule is COC(=O)c1ccccc1-c1ccc(/C=C2\SC(=O)NC2=O)o1. The molecule has 0 unspecified atom stereocenters. The lowest BCUT2D eigenvalue weighted by molar-refractivity contribution is -0.115. The molecule has 23 heavy (non-hydrogen) atoms. The maximum absolute atomic E-state index is 11.8. The Kier molecular flexibility index (Phi) is 4.03. The minimum absolute atomic E-state index is 0.261. The van der Waals surface area contributed by atoms with Crippen LogP contribution in [0.4, 0.5) is 4.79 Å². The van der Waals surface area contributed by atoms with Crippen molar-refractivity contribution < 1.29 is 23.5 Å². The van der Waals surface area contributed by atoms with Gasteiger partial charge in [0.1, 0.15) is 11.5 Å². The number of methoxy groups -OCH3 is 1. The second kappa shape index (κ2) is 6.13. The molecule has 0 bridgehead atoms. The van der Waals surface area contributed by atoms with Crippen LogP contribution in [0.5, 0.6) is 0 Å². The quantitative estimate of drug-likeness (QED) is 0.688. The van der Waals surface area contributed by atoms with Gasteiger partial charge in [-0.15, -0.1) is 0 Å². The molecule has 1 saturated heterocycles. The van der Waals surface area contributed by atoms with Gasteiger partial charge in [-0.1, -0.05) is 18.2 Å². The normalized spacial score (nSPS) is 15.8. The third-order valence-corrected chi connectivity index (χ3v) is 3.95. The van der Waals surface area contributed by atoms with Crippen LogP contribution in [0.25, 0.3) is 17.4 Å². The summed E-state index contributed by atoms with van der Waals surface area (Å²) in [6, 6.07) is 10.2. The predicted molar refractivity (Wildman–Crippen MR) is 84.6 cm³/mol. The van der Waals surface area contributed by atoms with E-state index in [9.17, 15) is 14.4 Å². The fraction of sp³-hybridized carbons (Fsp3) is 0.0625. The van der Waals surface area contributed by atoms with Gasteiger partial charge in [0.2, 0.25) is 0 Å². The maximum Gasteiger partial charge on any atom is 0.338 e. The molecule has 0 saturated carbocycles. The Morgan fingerprint density at radius 3 is 2.70 bits per heavy atom. The van der Waals surface area contributed by atoms with E-state index in [0.717, 1.165) is 11.8 Å². The van der Waals surface area contributed by atoms with Crippen LogP contribution < -0.4 is 5.32 Å². The molecule has 2 amide bonds. The van der Waals surface area contributed by atoms with Crippen molar-refractivity contribution in [2.24, 2.45) is 0 Å². The molecule has 3 rings (SSSR count). The number of furan rings is 1. The van der Waals surface area contributed by atoms with Crippen LogP contribution in [0.2, 0.25) is 0 Å². The van der Waals surface area contributed by atoms with Crippen molar-refractivity contribution in [1.29, 1.82) is 0 Å². The Morgan fingerprint density at radius 1 is 1.22 bits per heavy atom. The van der Waals surface area contributed by atoms with Gasteiger partial charge in [0, 0.05) is 11.6 Å². The summed E-state index contributed by atoms with van der Waals surface area (Å²) in [5, 5.41) is 1.76. The second-order valence-corrected chi connectivity index (χ2v) is 5.61. The van der Waals surface area contributed by atoms with E-state index in [0.29, 0.717) is 22.6 Å². The van der Waals surface area contributed by atoms with E-state index >= 15 is 0 Å². The molecule has 1 aliphatic rings. The zero-order valence-corrected chi connectivity index (χ0v) is 12.8. The highest BCUT2D eigenvalue weighted by atomic mass is 32.2. The number of amides is 2. The molecular weight excluding hydrogens is 318 g/mol. The molecule has 0 spiro atoms. The van der Waals surface area contributed by atoms with Gasteiger partial charge in [-0.25, -0.2) is 4.79 Å². The van der Waals surface area contributed by atoms with E-state index in [1.807, 2.05) is 0 Å². The van der Waals surface area contributed by atoms with Crippen LogP contribution >= 0.6 is 11.8 Å². The number of hydrogen-bond donors (Lipinski definition) is 1. The molecule has 2 heterocycles. The van der Waals surface area contributed by atoms with E-state index in [4.69, 9.17) is 9.15 Å². The third-order valence-electron chi connectivity index (χ3n) is 3.14. The molecule has 6 nitrogen and oxygen atoms in total. The van der Waals surface area contributed by atoms with Crippen molar-refractivity contribution in [2.75, 3.05) is 7.11 Å². The molecule has 1 N–H and O–H groups in total. The topological polar surface area (TPSA) is 85.6 Å². The lowest BCUT2D eigenvalue weighted by atomic mass is 10.1. The molecule has 1 aromatic carbocycles. The smallest absolute Gasteiger partial charge is 0.338 e. The highest BCUT2D eigenvalue weighted by Gasteiger charge is 2.25. The number of carbonyl (C=O) groups excluding carboxylic acids is 3. The van der Waals surface area contributed by atoms with Gasteiger partial charge in [-0.2, -0.15) is 0 Å². The molecule has 1 aromatic heterocycles. The Labute approximate surface area is 135 Å². The van der Waals surface area contributed by atoms with Crippen LogP contribution in [0, 0.1) is 0 Å². The van der Waals surface area contributed by atoms with Crippen molar-refractivity contribution in [1.82, 2.24) is 5.32 Å². The van der Waals surface area contributed by atoms with Crippen molar-refractivity contribution >= 4 is 35.0 Å². The molecular formula is C16H11NO5S. The fourth-order valence-electron chi connectivity index (χ4n) is 2.11. The minimum atomic E-state index is -0.465. The lowest BCUT2D eigenvalue weighted by Crippen LogP contribution is -2.17. The summed E-state index contributed by atoms with van der Waals surface area (Å²) in [7, 11) is 1.31. The standard InChI is InChI=1S/C16H11NO5S/c1-21-15(19)11-5-3-2-4-10(11)12-7-6-9(22-12)8-13-14(18)17-16(20)23-13/h2-8H,1H3,(H,17,18,20)/b13-8-. The largest absolute Gasteiger partial charge is 0.465 e. The van der Waals surface area contributed by atoms with Crippen LogP contribution in [0.15, 0.2) is 45.7 Å². The first-order valence-electron chi connectivity index (χ1n) is 6.61. The monoisotopic (exact) mass is 329 g/mol. The molecule has 7 heteroatoms. The summed E-state index contributed by atoms with van der Waals surface area (Å²) >= 11 is 0.813. The number of esters is 1. The number of imide groups is 1.